The molecule has 0 bridgehead atoms. The van der Waals surface area contributed by atoms with Gasteiger partial charge in [-0.25, -0.2) is 0 Å². The molecular weight excluding hydrogens is 223 g/mol. The number of nitrogens with zero attached hydrogens (tertiary/aromatic N) is 1. The van der Waals surface area contributed by atoms with Gasteiger partial charge in [-0.3, -0.25) is 14.0 Å². The first kappa shape index (κ1) is 12.3. The molecule has 1 aliphatic heterocycles. The first-order valence-corrected chi connectivity index (χ1v) is 6.17. The van der Waals surface area contributed by atoms with Gasteiger partial charge in [0, 0.05) is 6.54 Å². The average Bonchev–Trinajstić information content (AvgIpc) is 3.07. The molecule has 1 N–H and O–H groups in total. The predicted molar refractivity (Wildman–Crippen MR) is 61.0 cm³/mol. The lowest BCUT2D eigenvalue weighted by Crippen LogP contribution is -2.69. The van der Waals surface area contributed by atoms with Crippen LogP contribution in [0, 0.1) is 5.92 Å². The Hall–Kier alpha value is -1.13. The summed E-state index contributed by atoms with van der Waals surface area (Å²) in [6, 6.07) is -0.380. The number of nitrogens with one attached hydrogen (secondary N) is 1. The number of carbonyl (C=O) groups is 2. The van der Waals surface area contributed by atoms with Gasteiger partial charge in [-0.05, 0) is 39.0 Å². The van der Waals surface area contributed by atoms with E-state index in [-0.39, 0.29) is 23.8 Å². The highest BCUT2D eigenvalue weighted by Gasteiger charge is 2.50. The van der Waals surface area contributed by atoms with E-state index >= 15 is 0 Å². The van der Waals surface area contributed by atoms with Crippen molar-refractivity contribution in [3.63, 3.8) is 0 Å². The zero-order chi connectivity index (χ0) is 12.6. The van der Waals surface area contributed by atoms with Crippen LogP contribution >= 0.6 is 0 Å². The van der Waals surface area contributed by atoms with E-state index in [1.54, 1.807) is 13.8 Å². The standard InChI is InChI=1S/C12H19FN2O2/c1-12(2)11(17)14-9(8-4-5-8)10(16)15(12)7-3-6-13/h8-9H,3-7H2,1-2H3,(H,14,17). The quantitative estimate of drug-likeness (QED) is 0.795. The van der Waals surface area contributed by atoms with Crippen LogP contribution in [0.25, 0.3) is 0 Å². The topological polar surface area (TPSA) is 49.4 Å². The lowest BCUT2D eigenvalue weighted by Gasteiger charge is -2.44. The van der Waals surface area contributed by atoms with E-state index in [0.717, 1.165) is 12.8 Å². The maximum Gasteiger partial charge on any atom is 0.246 e. The fourth-order valence-electron chi connectivity index (χ4n) is 2.30. The van der Waals surface area contributed by atoms with Crippen LogP contribution in [0.2, 0.25) is 0 Å². The van der Waals surface area contributed by atoms with Crippen molar-refractivity contribution in [2.24, 2.45) is 5.92 Å². The number of carbonyl (C=O) groups excluding carboxylic acids is 2. The summed E-state index contributed by atoms with van der Waals surface area (Å²) in [5.74, 6) is 0.105. The zero-order valence-corrected chi connectivity index (χ0v) is 10.3. The molecule has 1 atom stereocenters. The Labute approximate surface area is 101 Å². The van der Waals surface area contributed by atoms with Crippen LogP contribution in [-0.2, 0) is 9.59 Å². The summed E-state index contributed by atoms with van der Waals surface area (Å²) >= 11 is 0. The van der Waals surface area contributed by atoms with Gasteiger partial charge in [0.2, 0.25) is 11.8 Å². The summed E-state index contributed by atoms with van der Waals surface area (Å²) in [4.78, 5) is 25.8. The van der Waals surface area contributed by atoms with E-state index in [1.807, 2.05) is 0 Å². The van der Waals surface area contributed by atoms with E-state index in [9.17, 15) is 14.0 Å². The van der Waals surface area contributed by atoms with Crippen molar-refractivity contribution in [1.82, 2.24) is 10.2 Å². The Morgan fingerprint density at radius 1 is 1.41 bits per heavy atom. The Morgan fingerprint density at radius 3 is 2.59 bits per heavy atom. The molecule has 17 heavy (non-hydrogen) atoms. The molecule has 0 aromatic carbocycles. The Balaban J connectivity index is 2.16. The van der Waals surface area contributed by atoms with Crippen molar-refractivity contribution in [2.75, 3.05) is 13.2 Å². The van der Waals surface area contributed by atoms with Gasteiger partial charge >= 0.3 is 0 Å². The minimum Gasteiger partial charge on any atom is -0.342 e. The average molecular weight is 242 g/mol. The molecule has 4 nitrogen and oxygen atoms in total. The minimum atomic E-state index is -0.863. The monoisotopic (exact) mass is 242 g/mol. The molecule has 96 valence electrons. The third kappa shape index (κ3) is 2.15. The Morgan fingerprint density at radius 2 is 2.06 bits per heavy atom. The summed E-state index contributed by atoms with van der Waals surface area (Å²) in [7, 11) is 0. The van der Waals surface area contributed by atoms with E-state index < -0.39 is 12.2 Å². The molecular formula is C12H19FN2O2. The fraction of sp³-hybridized carbons (Fsp3) is 0.833. The van der Waals surface area contributed by atoms with Crippen molar-refractivity contribution >= 4 is 11.8 Å². The molecule has 0 radical (unpaired) electrons. The van der Waals surface area contributed by atoms with Gasteiger partial charge in [-0.15, -0.1) is 0 Å². The molecule has 2 amide bonds. The summed E-state index contributed by atoms with van der Waals surface area (Å²) in [5, 5.41) is 2.80. The number of hydrogen-bond donors (Lipinski definition) is 1. The molecule has 2 aliphatic rings. The fourth-order valence-corrected chi connectivity index (χ4v) is 2.30. The number of halogens is 1. The number of hydrogen-bond acceptors (Lipinski definition) is 2. The van der Waals surface area contributed by atoms with E-state index in [2.05, 4.69) is 5.32 Å². The highest BCUT2D eigenvalue weighted by Crippen LogP contribution is 2.36. The van der Waals surface area contributed by atoms with Gasteiger partial charge in [0.05, 0.1) is 6.67 Å². The van der Waals surface area contributed by atoms with Crippen LogP contribution in [0.1, 0.15) is 33.1 Å². The minimum absolute atomic E-state index is 0.0504. The Kier molecular flexibility index (Phi) is 3.10. The normalized spacial score (nSPS) is 28.2. The smallest absolute Gasteiger partial charge is 0.246 e. The highest BCUT2D eigenvalue weighted by atomic mass is 19.1. The highest BCUT2D eigenvalue weighted by molar-refractivity contribution is 5.99. The van der Waals surface area contributed by atoms with Crippen molar-refractivity contribution in [2.45, 2.75) is 44.7 Å². The second-order valence-corrected chi connectivity index (χ2v) is 5.38. The SMILES string of the molecule is CC1(C)C(=O)NC(C2CC2)C(=O)N1CCCF. The van der Waals surface area contributed by atoms with Crippen LogP contribution in [-0.4, -0.2) is 41.5 Å². The van der Waals surface area contributed by atoms with Crippen LogP contribution < -0.4 is 5.32 Å². The van der Waals surface area contributed by atoms with E-state index in [4.69, 9.17) is 0 Å². The van der Waals surface area contributed by atoms with Gasteiger partial charge in [0.15, 0.2) is 0 Å². The number of piperazine rings is 1. The largest absolute Gasteiger partial charge is 0.342 e. The molecule has 1 saturated carbocycles. The molecule has 5 heteroatoms. The predicted octanol–water partition coefficient (Wildman–Crippen LogP) is 0.862. The summed E-state index contributed by atoms with van der Waals surface area (Å²) in [6.07, 6.45) is 2.28. The maximum absolute atomic E-state index is 12.3. The molecule has 1 aliphatic carbocycles. The van der Waals surface area contributed by atoms with E-state index in [0.29, 0.717) is 13.0 Å². The molecule has 2 rings (SSSR count). The number of amides is 2. The van der Waals surface area contributed by atoms with Crippen LogP contribution in [0.5, 0.6) is 0 Å². The molecule has 2 fully saturated rings. The third-order valence-electron chi connectivity index (χ3n) is 3.66. The zero-order valence-electron chi connectivity index (χ0n) is 10.3. The van der Waals surface area contributed by atoms with Crippen molar-refractivity contribution < 1.29 is 14.0 Å². The Bertz CT molecular complexity index is 339. The van der Waals surface area contributed by atoms with Crippen molar-refractivity contribution in [3.05, 3.63) is 0 Å². The second kappa shape index (κ2) is 4.27. The second-order valence-electron chi connectivity index (χ2n) is 5.38. The van der Waals surface area contributed by atoms with Crippen LogP contribution in [0.3, 0.4) is 0 Å². The van der Waals surface area contributed by atoms with Gasteiger partial charge in [-0.1, -0.05) is 0 Å². The first-order valence-electron chi connectivity index (χ1n) is 6.17. The van der Waals surface area contributed by atoms with E-state index in [1.165, 1.54) is 4.90 Å². The van der Waals surface area contributed by atoms with Crippen LogP contribution in [0.4, 0.5) is 4.39 Å². The number of rotatable bonds is 4. The summed E-state index contributed by atoms with van der Waals surface area (Å²) < 4.78 is 12.3. The molecule has 1 saturated heterocycles. The van der Waals surface area contributed by atoms with Crippen molar-refractivity contribution in [3.8, 4) is 0 Å². The maximum atomic E-state index is 12.3. The molecule has 0 aromatic heterocycles. The lowest BCUT2D eigenvalue weighted by atomic mass is 9.94. The molecule has 0 aromatic rings. The van der Waals surface area contributed by atoms with Gasteiger partial charge in [0.25, 0.3) is 0 Å². The first-order chi connectivity index (χ1) is 7.98. The molecule has 1 unspecified atom stereocenters. The molecule has 1 heterocycles. The summed E-state index contributed by atoms with van der Waals surface area (Å²) in [5.41, 5.74) is -0.863. The summed E-state index contributed by atoms with van der Waals surface area (Å²) in [6.45, 7) is 3.28. The third-order valence-corrected chi connectivity index (χ3v) is 3.66. The van der Waals surface area contributed by atoms with Gasteiger partial charge in [0.1, 0.15) is 11.6 Å². The van der Waals surface area contributed by atoms with Crippen molar-refractivity contribution in [1.29, 1.82) is 0 Å². The lowest BCUT2D eigenvalue weighted by molar-refractivity contribution is -0.156. The number of alkyl halides is 1. The van der Waals surface area contributed by atoms with Crippen LogP contribution in [0.15, 0.2) is 0 Å². The van der Waals surface area contributed by atoms with Gasteiger partial charge in [-0.2, -0.15) is 0 Å². The van der Waals surface area contributed by atoms with Gasteiger partial charge < -0.3 is 10.2 Å². The molecule has 0 spiro atoms.